The van der Waals surface area contributed by atoms with Gasteiger partial charge in [0.1, 0.15) is 0 Å². The van der Waals surface area contributed by atoms with Crippen molar-refractivity contribution in [2.75, 3.05) is 5.32 Å². The number of rotatable bonds is 2. The summed E-state index contributed by atoms with van der Waals surface area (Å²) in [7, 11) is 0. The third kappa shape index (κ3) is 2.43. The lowest BCUT2D eigenvalue weighted by Gasteiger charge is -2.11. The molecule has 1 aliphatic carbocycles. The van der Waals surface area contributed by atoms with Crippen LogP contribution in [0.5, 0.6) is 0 Å². The molecule has 3 nitrogen and oxygen atoms in total. The van der Waals surface area contributed by atoms with Crippen molar-refractivity contribution in [3.8, 4) is 0 Å². The van der Waals surface area contributed by atoms with Crippen LogP contribution in [0.4, 0.5) is 5.69 Å². The Balaban J connectivity index is 2.14. The molecule has 0 unspecified atom stereocenters. The number of hydrogen-bond acceptors (Lipinski definition) is 2. The average Bonchev–Trinajstić information content (AvgIpc) is 2.90. The van der Waals surface area contributed by atoms with Crippen LogP contribution in [0.3, 0.4) is 0 Å². The van der Waals surface area contributed by atoms with Crippen molar-refractivity contribution < 1.29 is 4.79 Å². The second-order valence-corrected chi connectivity index (χ2v) is 5.39. The maximum Gasteiger partial charge on any atom is 0.244 e. The molecule has 1 aromatic rings. The van der Waals surface area contributed by atoms with Crippen molar-refractivity contribution in [1.29, 1.82) is 0 Å². The quantitative estimate of drug-likeness (QED) is 0.815. The summed E-state index contributed by atoms with van der Waals surface area (Å²) < 4.78 is 1.03. The molecule has 1 fully saturated rings. The molecule has 1 aromatic carbocycles. The van der Waals surface area contributed by atoms with Crippen LogP contribution < -0.4 is 11.1 Å². The molecule has 5 heteroatoms. The summed E-state index contributed by atoms with van der Waals surface area (Å²) in [6, 6.07) is 5.47. The molecule has 1 aliphatic rings. The highest BCUT2D eigenvalue weighted by molar-refractivity contribution is 14.1. The second-order valence-electron chi connectivity index (χ2n) is 3.73. The summed E-state index contributed by atoms with van der Waals surface area (Å²) in [5.74, 6) is -0.148. The monoisotopic (exact) mass is 336 g/mol. The Morgan fingerprint density at radius 1 is 1.53 bits per heavy atom. The number of hydrogen-bond donors (Lipinski definition) is 2. The van der Waals surface area contributed by atoms with Crippen LogP contribution in [-0.2, 0) is 4.79 Å². The zero-order valence-corrected chi connectivity index (χ0v) is 10.8. The van der Waals surface area contributed by atoms with E-state index in [1.807, 2.05) is 6.07 Å². The van der Waals surface area contributed by atoms with Crippen LogP contribution in [-0.4, -0.2) is 11.4 Å². The van der Waals surface area contributed by atoms with Gasteiger partial charge in [0.2, 0.25) is 5.91 Å². The van der Waals surface area contributed by atoms with Gasteiger partial charge in [0.15, 0.2) is 0 Å². The zero-order chi connectivity index (χ0) is 11.1. The van der Waals surface area contributed by atoms with Gasteiger partial charge in [0, 0.05) is 3.57 Å². The summed E-state index contributed by atoms with van der Waals surface area (Å²) in [5, 5.41) is 3.28. The molecule has 0 atom stereocenters. The number of amides is 1. The van der Waals surface area contributed by atoms with E-state index in [4.69, 9.17) is 17.3 Å². The van der Waals surface area contributed by atoms with Crippen LogP contribution >= 0.6 is 34.2 Å². The van der Waals surface area contributed by atoms with Crippen molar-refractivity contribution in [3.05, 3.63) is 26.8 Å². The summed E-state index contributed by atoms with van der Waals surface area (Å²) in [6.45, 7) is 0. The Kier molecular flexibility index (Phi) is 2.92. The molecule has 0 aromatic heterocycles. The van der Waals surface area contributed by atoms with Gasteiger partial charge in [-0.1, -0.05) is 11.6 Å². The van der Waals surface area contributed by atoms with Crippen LogP contribution in [0, 0.1) is 3.57 Å². The number of carbonyl (C=O) groups is 1. The topological polar surface area (TPSA) is 55.1 Å². The number of benzene rings is 1. The van der Waals surface area contributed by atoms with Gasteiger partial charge in [-0.3, -0.25) is 4.79 Å². The van der Waals surface area contributed by atoms with Crippen LogP contribution in [0.25, 0.3) is 0 Å². The first kappa shape index (κ1) is 11.2. The highest BCUT2D eigenvalue weighted by atomic mass is 127. The fourth-order valence-electron chi connectivity index (χ4n) is 1.20. The predicted molar refractivity (Wildman–Crippen MR) is 69.0 cm³/mol. The maximum absolute atomic E-state index is 11.6. The first-order chi connectivity index (χ1) is 7.01. The molecule has 0 aliphatic heterocycles. The highest BCUT2D eigenvalue weighted by Crippen LogP contribution is 2.34. The number of carbonyl (C=O) groups excluding carboxylic acids is 1. The Bertz CT molecular complexity index is 418. The van der Waals surface area contributed by atoms with Gasteiger partial charge in [-0.2, -0.15) is 0 Å². The molecule has 0 bridgehead atoms. The van der Waals surface area contributed by atoms with Crippen molar-refractivity contribution in [2.45, 2.75) is 18.4 Å². The van der Waals surface area contributed by atoms with Crippen molar-refractivity contribution in [3.63, 3.8) is 0 Å². The normalized spacial score (nSPS) is 17.3. The first-order valence-electron chi connectivity index (χ1n) is 4.57. The van der Waals surface area contributed by atoms with Crippen molar-refractivity contribution >= 4 is 45.8 Å². The molecule has 3 N–H and O–H groups in total. The van der Waals surface area contributed by atoms with E-state index in [9.17, 15) is 4.79 Å². The smallest absolute Gasteiger partial charge is 0.244 e. The largest absolute Gasteiger partial charge is 0.323 e. The maximum atomic E-state index is 11.6. The molecule has 80 valence electrons. The zero-order valence-electron chi connectivity index (χ0n) is 7.89. The summed E-state index contributed by atoms with van der Waals surface area (Å²) >= 11 is 8.15. The fourth-order valence-corrected chi connectivity index (χ4v) is 2.10. The molecule has 1 amide bonds. The fraction of sp³-hybridized carbons (Fsp3) is 0.300. The lowest BCUT2D eigenvalue weighted by molar-refractivity contribution is -0.118. The van der Waals surface area contributed by atoms with E-state index in [-0.39, 0.29) is 5.91 Å². The summed E-state index contributed by atoms with van der Waals surface area (Å²) in [6.07, 6.45) is 1.50. The first-order valence-corrected chi connectivity index (χ1v) is 6.02. The van der Waals surface area contributed by atoms with Gasteiger partial charge in [0.05, 0.1) is 16.2 Å². The van der Waals surface area contributed by atoms with Gasteiger partial charge < -0.3 is 11.1 Å². The van der Waals surface area contributed by atoms with Crippen LogP contribution in [0.15, 0.2) is 18.2 Å². The summed E-state index contributed by atoms with van der Waals surface area (Å²) in [4.78, 5) is 11.6. The molecule has 15 heavy (non-hydrogen) atoms. The van der Waals surface area contributed by atoms with Gasteiger partial charge >= 0.3 is 0 Å². The van der Waals surface area contributed by atoms with Crippen molar-refractivity contribution in [1.82, 2.24) is 0 Å². The molecule has 1 saturated carbocycles. The van der Waals surface area contributed by atoms with Crippen LogP contribution in [0.1, 0.15) is 12.8 Å². The predicted octanol–water partition coefficient (Wildman–Crippen LogP) is 2.37. The van der Waals surface area contributed by atoms with Crippen LogP contribution in [0.2, 0.25) is 5.02 Å². The van der Waals surface area contributed by atoms with E-state index in [2.05, 4.69) is 27.9 Å². The minimum absolute atomic E-state index is 0.148. The third-order valence-corrected chi connectivity index (χ3v) is 3.40. The average molecular weight is 337 g/mol. The molecular weight excluding hydrogens is 326 g/mol. The molecular formula is C10H10ClIN2O. The van der Waals surface area contributed by atoms with Gasteiger partial charge in [-0.15, -0.1) is 0 Å². The Hall–Kier alpha value is -0.330. The lowest BCUT2D eigenvalue weighted by atomic mass is 10.2. The molecule has 0 radical (unpaired) electrons. The molecule has 0 heterocycles. The Labute approximate surface area is 107 Å². The van der Waals surface area contributed by atoms with E-state index in [0.29, 0.717) is 10.7 Å². The molecule has 0 spiro atoms. The lowest BCUT2D eigenvalue weighted by Crippen LogP contribution is -2.37. The molecule has 2 rings (SSSR count). The van der Waals surface area contributed by atoms with E-state index in [1.54, 1.807) is 12.1 Å². The Morgan fingerprint density at radius 3 is 2.73 bits per heavy atom. The number of halogens is 2. The second kappa shape index (κ2) is 3.92. The van der Waals surface area contributed by atoms with Gasteiger partial charge in [-0.25, -0.2) is 0 Å². The van der Waals surface area contributed by atoms with Crippen molar-refractivity contribution in [2.24, 2.45) is 5.73 Å². The number of anilines is 1. The SMILES string of the molecule is NC1(C(=O)Nc2ccc(I)cc2Cl)CC1. The van der Waals surface area contributed by atoms with E-state index in [0.717, 1.165) is 16.4 Å². The van der Waals surface area contributed by atoms with Gasteiger partial charge in [-0.05, 0) is 53.6 Å². The van der Waals surface area contributed by atoms with Gasteiger partial charge in [0.25, 0.3) is 0 Å². The minimum Gasteiger partial charge on any atom is -0.323 e. The Morgan fingerprint density at radius 2 is 2.20 bits per heavy atom. The summed E-state index contributed by atoms with van der Waals surface area (Å²) in [5.41, 5.74) is 5.72. The standard InChI is InChI=1S/C10H10ClIN2O/c11-7-5-6(12)1-2-8(7)14-9(15)10(13)3-4-10/h1-2,5H,3-4,13H2,(H,14,15). The number of nitrogens with one attached hydrogen (secondary N) is 1. The van der Waals surface area contributed by atoms with E-state index >= 15 is 0 Å². The van der Waals surface area contributed by atoms with E-state index in [1.165, 1.54) is 0 Å². The third-order valence-electron chi connectivity index (χ3n) is 2.42. The number of nitrogens with two attached hydrogens (primary N) is 1. The van der Waals surface area contributed by atoms with E-state index < -0.39 is 5.54 Å². The highest BCUT2D eigenvalue weighted by Gasteiger charge is 2.46. The minimum atomic E-state index is -0.660. The molecule has 0 saturated heterocycles.